The Labute approximate surface area is 117 Å². The van der Waals surface area contributed by atoms with Crippen LogP contribution in [-0.4, -0.2) is 29.2 Å². The summed E-state index contributed by atoms with van der Waals surface area (Å²) < 4.78 is 36.8. The molecule has 1 amide bonds. The molecule has 10 heteroatoms. The van der Waals surface area contributed by atoms with Gasteiger partial charge in [-0.25, -0.2) is 0 Å². The molecule has 2 rings (SSSR count). The molecular weight excluding hydrogens is 305 g/mol. The quantitative estimate of drug-likeness (QED) is 0.892. The maximum atomic E-state index is 12.3. The Balaban J connectivity index is 0.00000180. The molecule has 0 aliphatic carbocycles. The first-order valence-corrected chi connectivity index (χ1v) is 6.12. The number of aromatic nitrogens is 2. The fourth-order valence-corrected chi connectivity index (χ4v) is 2.10. The van der Waals surface area contributed by atoms with Crippen molar-refractivity contribution >= 4 is 34.8 Å². The van der Waals surface area contributed by atoms with Crippen LogP contribution in [-0.2, 0) is 11.0 Å². The largest absolute Gasteiger partial charge is 0.445 e. The van der Waals surface area contributed by atoms with Gasteiger partial charge in [0.05, 0.1) is 0 Å². The fraction of sp³-hybridized carbons (Fsp3) is 0.667. The van der Waals surface area contributed by atoms with Crippen LogP contribution in [0.1, 0.15) is 11.9 Å². The van der Waals surface area contributed by atoms with Crippen LogP contribution in [0, 0.1) is 11.8 Å². The second-order valence-electron chi connectivity index (χ2n) is 4.11. The number of rotatable bonds is 3. The van der Waals surface area contributed by atoms with E-state index < -0.39 is 11.2 Å². The molecule has 0 bridgehead atoms. The summed E-state index contributed by atoms with van der Waals surface area (Å²) in [4.78, 5) is 11.7. The molecule has 19 heavy (non-hydrogen) atoms. The minimum atomic E-state index is -4.52. The predicted molar refractivity (Wildman–Crippen MR) is 66.3 cm³/mol. The molecule has 1 aromatic rings. The summed E-state index contributed by atoms with van der Waals surface area (Å²) in [6.07, 6.45) is -4.52. The van der Waals surface area contributed by atoms with Gasteiger partial charge in [-0.05, 0) is 19.0 Å². The highest BCUT2D eigenvalue weighted by Gasteiger charge is 2.36. The highest BCUT2D eigenvalue weighted by atomic mass is 35.5. The van der Waals surface area contributed by atoms with Gasteiger partial charge in [0, 0.05) is 5.92 Å². The number of hydrogen-bond acceptors (Lipinski definition) is 5. The lowest BCUT2D eigenvalue weighted by atomic mass is 9.88. The number of alkyl halides is 3. The van der Waals surface area contributed by atoms with Crippen LogP contribution in [0.15, 0.2) is 0 Å². The Kier molecular flexibility index (Phi) is 5.11. The average molecular weight is 317 g/mol. The summed E-state index contributed by atoms with van der Waals surface area (Å²) in [5.74, 6) is -0.365. The maximum Gasteiger partial charge on any atom is 0.445 e. The van der Waals surface area contributed by atoms with Crippen molar-refractivity contribution in [1.82, 2.24) is 15.5 Å². The van der Waals surface area contributed by atoms with E-state index in [4.69, 9.17) is 0 Å². The van der Waals surface area contributed by atoms with Gasteiger partial charge in [0.2, 0.25) is 16.0 Å². The first-order chi connectivity index (χ1) is 8.38. The third-order valence-corrected chi connectivity index (χ3v) is 3.71. The van der Waals surface area contributed by atoms with Gasteiger partial charge in [-0.1, -0.05) is 18.3 Å². The second kappa shape index (κ2) is 6.02. The van der Waals surface area contributed by atoms with E-state index in [1.807, 2.05) is 0 Å². The average Bonchev–Trinajstić information content (AvgIpc) is 2.62. The molecule has 0 radical (unpaired) electrons. The molecule has 1 atom stereocenters. The summed E-state index contributed by atoms with van der Waals surface area (Å²) in [5.41, 5.74) is 0. The molecule has 0 aromatic carbocycles. The van der Waals surface area contributed by atoms with E-state index in [9.17, 15) is 18.0 Å². The van der Waals surface area contributed by atoms with E-state index in [2.05, 4.69) is 20.8 Å². The van der Waals surface area contributed by atoms with Crippen LogP contribution in [0.2, 0.25) is 0 Å². The standard InChI is InChI=1S/C9H11F3N4OS.ClH/c1-4(5-2-13-3-5)6(17)14-8-16-15-7(18-8)9(10,11)12;/h4-5,13H,2-3H2,1H3,(H,14,16,17);1H. The fourth-order valence-electron chi connectivity index (χ4n) is 1.49. The van der Waals surface area contributed by atoms with Crippen LogP contribution in [0.25, 0.3) is 0 Å². The Morgan fingerprint density at radius 3 is 2.53 bits per heavy atom. The van der Waals surface area contributed by atoms with E-state index in [-0.39, 0.29) is 35.3 Å². The number of halogens is 4. The highest BCUT2D eigenvalue weighted by Crippen LogP contribution is 2.33. The zero-order valence-corrected chi connectivity index (χ0v) is 11.5. The van der Waals surface area contributed by atoms with Crippen LogP contribution in [0.3, 0.4) is 0 Å². The van der Waals surface area contributed by atoms with Gasteiger partial charge in [0.1, 0.15) is 0 Å². The monoisotopic (exact) mass is 316 g/mol. The topological polar surface area (TPSA) is 66.9 Å². The molecule has 1 aliphatic rings. The first-order valence-electron chi connectivity index (χ1n) is 5.30. The third kappa shape index (κ3) is 3.77. The normalized spacial score (nSPS) is 17.3. The molecule has 2 heterocycles. The molecule has 5 nitrogen and oxygen atoms in total. The summed E-state index contributed by atoms with van der Waals surface area (Å²) >= 11 is 0.328. The number of amides is 1. The van der Waals surface area contributed by atoms with Crippen molar-refractivity contribution in [3.8, 4) is 0 Å². The summed E-state index contributed by atoms with van der Waals surface area (Å²) in [6, 6.07) is 0. The summed E-state index contributed by atoms with van der Waals surface area (Å²) in [7, 11) is 0. The molecule has 1 aliphatic heterocycles. The molecule has 0 saturated carbocycles. The number of carbonyl (C=O) groups excluding carboxylic acids is 1. The summed E-state index contributed by atoms with van der Waals surface area (Å²) in [6.45, 7) is 3.24. The third-order valence-electron chi connectivity index (χ3n) is 2.83. The van der Waals surface area contributed by atoms with Crippen molar-refractivity contribution < 1.29 is 18.0 Å². The van der Waals surface area contributed by atoms with Gasteiger partial charge >= 0.3 is 6.18 Å². The van der Waals surface area contributed by atoms with Gasteiger partial charge in [0.15, 0.2) is 0 Å². The smallest absolute Gasteiger partial charge is 0.316 e. The van der Waals surface area contributed by atoms with Gasteiger partial charge in [-0.3, -0.25) is 4.79 Å². The van der Waals surface area contributed by atoms with E-state index >= 15 is 0 Å². The Morgan fingerprint density at radius 1 is 1.47 bits per heavy atom. The van der Waals surface area contributed by atoms with Gasteiger partial charge in [-0.2, -0.15) is 13.2 Å². The van der Waals surface area contributed by atoms with E-state index in [1.165, 1.54) is 0 Å². The molecule has 0 spiro atoms. The molecule has 1 saturated heterocycles. The van der Waals surface area contributed by atoms with Crippen molar-refractivity contribution in [1.29, 1.82) is 0 Å². The maximum absolute atomic E-state index is 12.3. The van der Waals surface area contributed by atoms with E-state index in [1.54, 1.807) is 6.92 Å². The van der Waals surface area contributed by atoms with Crippen molar-refractivity contribution in [3.05, 3.63) is 5.01 Å². The molecule has 1 aromatic heterocycles. The Morgan fingerprint density at radius 2 is 2.11 bits per heavy atom. The van der Waals surface area contributed by atoms with E-state index in [0.717, 1.165) is 13.1 Å². The second-order valence-corrected chi connectivity index (χ2v) is 5.08. The first kappa shape index (κ1) is 16.1. The number of carbonyl (C=O) groups is 1. The van der Waals surface area contributed by atoms with Gasteiger partial charge < -0.3 is 10.6 Å². The highest BCUT2D eigenvalue weighted by molar-refractivity contribution is 7.15. The van der Waals surface area contributed by atoms with Gasteiger partial charge in [0.25, 0.3) is 0 Å². The summed E-state index contributed by atoms with van der Waals surface area (Å²) in [5, 5.41) is 10.5. The molecule has 1 unspecified atom stereocenters. The predicted octanol–water partition coefficient (Wildman–Crippen LogP) is 1.77. The molecule has 1 fully saturated rings. The SMILES string of the molecule is CC(C(=O)Nc1nnc(C(F)(F)F)s1)C1CNC1.Cl. The van der Waals surface area contributed by atoms with Crippen molar-refractivity contribution in [3.63, 3.8) is 0 Å². The van der Waals surface area contributed by atoms with Crippen LogP contribution in [0.4, 0.5) is 18.3 Å². The van der Waals surface area contributed by atoms with Gasteiger partial charge in [-0.15, -0.1) is 22.6 Å². The zero-order chi connectivity index (χ0) is 13.3. The lowest BCUT2D eigenvalue weighted by Gasteiger charge is -2.31. The van der Waals surface area contributed by atoms with E-state index in [0.29, 0.717) is 11.3 Å². The number of nitrogens with zero attached hydrogens (tertiary/aromatic N) is 2. The minimum absolute atomic E-state index is 0. The van der Waals surface area contributed by atoms with Crippen molar-refractivity contribution in [2.24, 2.45) is 11.8 Å². The lowest BCUT2D eigenvalue weighted by molar-refractivity contribution is -0.138. The number of nitrogens with one attached hydrogen (secondary N) is 2. The van der Waals surface area contributed by atoms with Crippen LogP contribution < -0.4 is 10.6 Å². The zero-order valence-electron chi connectivity index (χ0n) is 9.82. The minimum Gasteiger partial charge on any atom is -0.316 e. The van der Waals surface area contributed by atoms with Crippen LogP contribution >= 0.6 is 23.7 Å². The Hall–Kier alpha value is -0.930. The van der Waals surface area contributed by atoms with Crippen molar-refractivity contribution in [2.75, 3.05) is 18.4 Å². The van der Waals surface area contributed by atoms with Crippen molar-refractivity contribution in [2.45, 2.75) is 13.1 Å². The molecule has 108 valence electrons. The molecular formula is C9H12ClF3N4OS. The van der Waals surface area contributed by atoms with Crippen LogP contribution in [0.5, 0.6) is 0 Å². The Bertz CT molecular complexity index is 449. The number of anilines is 1. The molecule has 2 N–H and O–H groups in total. The lowest BCUT2D eigenvalue weighted by Crippen LogP contribution is -2.48. The number of hydrogen-bond donors (Lipinski definition) is 2.